The Hall–Kier alpha value is -0.0800. The highest BCUT2D eigenvalue weighted by Gasteiger charge is 2.33. The van der Waals surface area contributed by atoms with Crippen LogP contribution in [0, 0.1) is 11.8 Å². The van der Waals surface area contributed by atoms with Gasteiger partial charge in [0.25, 0.3) is 0 Å². The summed E-state index contributed by atoms with van der Waals surface area (Å²) in [6, 6.07) is 1.40. The molecule has 1 heterocycles. The summed E-state index contributed by atoms with van der Waals surface area (Å²) >= 11 is 0. The lowest BCUT2D eigenvalue weighted by Crippen LogP contribution is -2.52. The second-order valence-electron chi connectivity index (χ2n) is 4.46. The molecule has 0 aromatic rings. The zero-order valence-corrected chi connectivity index (χ0v) is 8.05. The molecule has 1 saturated carbocycles. The molecular weight excluding hydrogens is 150 g/mol. The number of rotatable bonds is 2. The molecular formula is C10H19NO. The molecule has 0 aromatic heterocycles. The Balaban J connectivity index is 1.83. The maximum Gasteiger partial charge on any atom is 0.0643 e. The van der Waals surface area contributed by atoms with Crippen LogP contribution in [0.15, 0.2) is 0 Å². The number of nitrogens with one attached hydrogen (secondary N) is 1. The molecule has 2 fully saturated rings. The van der Waals surface area contributed by atoms with Crippen molar-refractivity contribution in [3.05, 3.63) is 0 Å². The van der Waals surface area contributed by atoms with Gasteiger partial charge in [-0.2, -0.15) is 0 Å². The fourth-order valence-corrected chi connectivity index (χ4v) is 2.38. The lowest BCUT2D eigenvalue weighted by molar-refractivity contribution is -0.0137. The van der Waals surface area contributed by atoms with E-state index < -0.39 is 0 Å². The van der Waals surface area contributed by atoms with Crippen molar-refractivity contribution in [1.29, 1.82) is 0 Å². The molecule has 2 unspecified atom stereocenters. The number of hydrogen-bond donors (Lipinski definition) is 1. The largest absolute Gasteiger partial charge is 0.378 e. The van der Waals surface area contributed by atoms with Crippen LogP contribution in [-0.2, 0) is 4.74 Å². The van der Waals surface area contributed by atoms with Crippen molar-refractivity contribution in [2.75, 3.05) is 13.2 Å². The van der Waals surface area contributed by atoms with Crippen LogP contribution < -0.4 is 5.32 Å². The second kappa shape index (κ2) is 3.35. The predicted molar refractivity (Wildman–Crippen MR) is 49.1 cm³/mol. The van der Waals surface area contributed by atoms with E-state index in [1.165, 1.54) is 12.8 Å². The highest BCUT2D eigenvalue weighted by molar-refractivity contribution is 4.89. The standard InChI is InChI=1S/C10H19NO/c1-7-3-4-8(2)10(7)11-9-5-12-6-9/h7-11H,3-6H2,1-2H3. The van der Waals surface area contributed by atoms with Crippen LogP contribution in [0.25, 0.3) is 0 Å². The van der Waals surface area contributed by atoms with E-state index in [1.807, 2.05) is 0 Å². The number of ether oxygens (including phenoxy) is 1. The first-order chi connectivity index (χ1) is 5.77. The van der Waals surface area contributed by atoms with E-state index in [0.717, 1.165) is 31.1 Å². The molecule has 2 rings (SSSR count). The third-order valence-electron chi connectivity index (χ3n) is 3.37. The molecule has 0 aromatic carbocycles. The van der Waals surface area contributed by atoms with Crippen LogP contribution >= 0.6 is 0 Å². The van der Waals surface area contributed by atoms with Gasteiger partial charge in [0.2, 0.25) is 0 Å². The maximum absolute atomic E-state index is 5.15. The first kappa shape index (κ1) is 8.52. The van der Waals surface area contributed by atoms with E-state index in [9.17, 15) is 0 Å². The summed E-state index contributed by atoms with van der Waals surface area (Å²) < 4.78 is 5.15. The second-order valence-corrected chi connectivity index (χ2v) is 4.46. The van der Waals surface area contributed by atoms with Crippen molar-refractivity contribution in [3.8, 4) is 0 Å². The molecule has 1 N–H and O–H groups in total. The molecule has 0 radical (unpaired) electrons. The first-order valence-electron chi connectivity index (χ1n) is 5.11. The third kappa shape index (κ3) is 1.50. The molecule has 12 heavy (non-hydrogen) atoms. The Morgan fingerprint density at radius 3 is 2.08 bits per heavy atom. The lowest BCUT2D eigenvalue weighted by Gasteiger charge is -2.33. The highest BCUT2D eigenvalue weighted by Crippen LogP contribution is 2.31. The Morgan fingerprint density at radius 2 is 1.67 bits per heavy atom. The Kier molecular flexibility index (Phi) is 2.37. The van der Waals surface area contributed by atoms with Crippen molar-refractivity contribution in [2.45, 2.75) is 38.8 Å². The van der Waals surface area contributed by atoms with E-state index in [2.05, 4.69) is 19.2 Å². The van der Waals surface area contributed by atoms with Crippen LogP contribution in [0.5, 0.6) is 0 Å². The van der Waals surface area contributed by atoms with Gasteiger partial charge in [-0.05, 0) is 24.7 Å². The lowest BCUT2D eigenvalue weighted by atomic mass is 9.99. The van der Waals surface area contributed by atoms with Gasteiger partial charge in [-0.3, -0.25) is 0 Å². The van der Waals surface area contributed by atoms with Crippen molar-refractivity contribution in [2.24, 2.45) is 11.8 Å². The molecule has 2 atom stereocenters. The molecule has 0 spiro atoms. The topological polar surface area (TPSA) is 21.3 Å². The zero-order valence-electron chi connectivity index (χ0n) is 8.05. The van der Waals surface area contributed by atoms with Crippen molar-refractivity contribution in [1.82, 2.24) is 5.32 Å². The van der Waals surface area contributed by atoms with E-state index in [0.29, 0.717) is 6.04 Å². The summed E-state index contributed by atoms with van der Waals surface area (Å²) in [5.74, 6) is 1.72. The van der Waals surface area contributed by atoms with E-state index in [4.69, 9.17) is 4.74 Å². The SMILES string of the molecule is CC1CCC(C)C1NC1COC1. The highest BCUT2D eigenvalue weighted by atomic mass is 16.5. The molecule has 70 valence electrons. The van der Waals surface area contributed by atoms with Gasteiger partial charge < -0.3 is 10.1 Å². The van der Waals surface area contributed by atoms with Gasteiger partial charge in [-0.1, -0.05) is 13.8 Å². The van der Waals surface area contributed by atoms with Crippen LogP contribution in [0.2, 0.25) is 0 Å². The van der Waals surface area contributed by atoms with E-state index in [-0.39, 0.29) is 0 Å². The van der Waals surface area contributed by atoms with Crippen LogP contribution in [0.1, 0.15) is 26.7 Å². The van der Waals surface area contributed by atoms with Gasteiger partial charge >= 0.3 is 0 Å². The summed E-state index contributed by atoms with van der Waals surface area (Å²) in [4.78, 5) is 0. The molecule has 1 saturated heterocycles. The fraction of sp³-hybridized carbons (Fsp3) is 1.00. The van der Waals surface area contributed by atoms with Crippen LogP contribution in [0.3, 0.4) is 0 Å². The summed E-state index contributed by atoms with van der Waals surface area (Å²) in [6.07, 6.45) is 2.79. The van der Waals surface area contributed by atoms with Crippen molar-refractivity contribution in [3.63, 3.8) is 0 Å². The average Bonchev–Trinajstić information content (AvgIpc) is 2.25. The van der Waals surface area contributed by atoms with Crippen molar-refractivity contribution < 1.29 is 4.74 Å². The molecule has 2 aliphatic rings. The fourth-order valence-electron chi connectivity index (χ4n) is 2.38. The summed E-state index contributed by atoms with van der Waals surface area (Å²) in [7, 11) is 0. The minimum Gasteiger partial charge on any atom is -0.378 e. The summed E-state index contributed by atoms with van der Waals surface area (Å²) in [5.41, 5.74) is 0. The van der Waals surface area contributed by atoms with E-state index in [1.54, 1.807) is 0 Å². The van der Waals surface area contributed by atoms with Crippen molar-refractivity contribution >= 4 is 0 Å². The van der Waals surface area contributed by atoms with Gasteiger partial charge in [0, 0.05) is 6.04 Å². The zero-order chi connectivity index (χ0) is 8.55. The van der Waals surface area contributed by atoms with Gasteiger partial charge in [0.15, 0.2) is 0 Å². The summed E-state index contributed by atoms with van der Waals surface area (Å²) in [5, 5.41) is 3.69. The van der Waals surface area contributed by atoms with Crippen LogP contribution in [0.4, 0.5) is 0 Å². The first-order valence-corrected chi connectivity index (χ1v) is 5.11. The monoisotopic (exact) mass is 169 g/mol. The van der Waals surface area contributed by atoms with E-state index >= 15 is 0 Å². The Morgan fingerprint density at radius 1 is 1.08 bits per heavy atom. The summed E-state index contributed by atoms with van der Waals surface area (Å²) in [6.45, 7) is 6.58. The Labute approximate surface area is 74.7 Å². The smallest absolute Gasteiger partial charge is 0.0643 e. The normalized spacial score (nSPS) is 43.0. The minimum absolute atomic E-state index is 0.651. The van der Waals surface area contributed by atoms with Gasteiger partial charge in [-0.15, -0.1) is 0 Å². The quantitative estimate of drug-likeness (QED) is 0.675. The minimum atomic E-state index is 0.651. The third-order valence-corrected chi connectivity index (χ3v) is 3.37. The Bertz CT molecular complexity index is 146. The number of hydrogen-bond acceptors (Lipinski definition) is 2. The van der Waals surface area contributed by atoms with Gasteiger partial charge in [0.1, 0.15) is 0 Å². The molecule has 1 aliphatic carbocycles. The van der Waals surface area contributed by atoms with Gasteiger partial charge in [-0.25, -0.2) is 0 Å². The molecule has 2 heteroatoms. The molecule has 0 bridgehead atoms. The maximum atomic E-state index is 5.15. The molecule has 0 amide bonds. The van der Waals surface area contributed by atoms with Gasteiger partial charge in [0.05, 0.1) is 19.3 Å². The van der Waals surface area contributed by atoms with Crippen LogP contribution in [-0.4, -0.2) is 25.3 Å². The predicted octanol–water partition coefficient (Wildman–Crippen LogP) is 1.41. The molecule has 1 aliphatic heterocycles. The average molecular weight is 169 g/mol. The molecule has 2 nitrogen and oxygen atoms in total.